The number of ether oxygens (including phenoxy) is 1. The maximum atomic E-state index is 11.2. The molecule has 0 saturated heterocycles. The highest BCUT2D eigenvalue weighted by molar-refractivity contribution is 6.94. The molecule has 0 fully saturated rings. The fourth-order valence-electron chi connectivity index (χ4n) is 1.37. The van der Waals surface area contributed by atoms with Crippen molar-refractivity contribution in [3.63, 3.8) is 0 Å². The van der Waals surface area contributed by atoms with Crippen molar-refractivity contribution >= 4 is 14.0 Å². The van der Waals surface area contributed by atoms with Gasteiger partial charge in [-0.3, -0.25) is 0 Å². The van der Waals surface area contributed by atoms with Crippen LogP contribution >= 0.6 is 0 Å². The molecule has 1 atom stereocenters. The van der Waals surface area contributed by atoms with Crippen molar-refractivity contribution in [1.82, 2.24) is 0 Å². The number of hydrogen-bond donors (Lipinski definition) is 0. The number of carbonyl (C=O) groups excluding carboxylic acids is 1. The third kappa shape index (κ3) is 3.06. The second-order valence-electron chi connectivity index (χ2n) is 3.15. The van der Waals surface area contributed by atoms with Crippen molar-refractivity contribution in [1.29, 1.82) is 0 Å². The second-order valence-corrected chi connectivity index (χ2v) is 7.02. The summed E-state index contributed by atoms with van der Waals surface area (Å²) in [5.74, 6) is -0.413. The molecule has 0 aliphatic rings. The highest BCUT2D eigenvalue weighted by atomic mass is 28.3. The maximum Gasteiger partial charge on any atom is 0.330 e. The van der Waals surface area contributed by atoms with Crippen LogP contribution in [0.2, 0.25) is 0 Å². The minimum Gasteiger partial charge on any atom is -0.462 e. The quantitative estimate of drug-likeness (QED) is 0.376. The molecule has 0 bridgehead atoms. The molecule has 0 spiro atoms. The van der Waals surface area contributed by atoms with Gasteiger partial charge in [-0.2, -0.15) is 0 Å². The molecule has 15 heavy (non-hydrogen) atoms. The molecule has 0 aromatic carbocycles. The van der Waals surface area contributed by atoms with Gasteiger partial charge in [-0.15, -0.1) is 19.7 Å². The van der Waals surface area contributed by atoms with E-state index in [0.717, 1.165) is 12.5 Å². The van der Waals surface area contributed by atoms with Crippen molar-refractivity contribution < 1.29 is 9.53 Å². The molecule has 1 unspecified atom stereocenters. The van der Waals surface area contributed by atoms with Crippen LogP contribution in [0.25, 0.3) is 0 Å². The summed E-state index contributed by atoms with van der Waals surface area (Å²) in [4.78, 5) is 11.2. The van der Waals surface area contributed by atoms with E-state index in [4.69, 9.17) is 4.74 Å². The van der Waals surface area contributed by atoms with Crippen LogP contribution in [-0.4, -0.2) is 19.8 Å². The van der Waals surface area contributed by atoms with Crippen LogP contribution in [0.1, 0.15) is 13.3 Å². The summed E-state index contributed by atoms with van der Waals surface area (Å²) >= 11 is 0. The molecule has 82 valence electrons. The Labute approximate surface area is 92.7 Å². The lowest BCUT2D eigenvalue weighted by Crippen LogP contribution is -2.45. The Morgan fingerprint density at radius 1 is 1.27 bits per heavy atom. The van der Waals surface area contributed by atoms with Crippen LogP contribution in [0.3, 0.4) is 0 Å². The SMILES string of the molecule is C=CC(=O)OC(CC)[Si](C=C)(C=C)C=C. The number of rotatable bonds is 7. The van der Waals surface area contributed by atoms with Gasteiger partial charge in [0.2, 0.25) is 0 Å². The van der Waals surface area contributed by atoms with Gasteiger partial charge in [-0.25, -0.2) is 4.79 Å². The van der Waals surface area contributed by atoms with Crippen molar-refractivity contribution in [3.05, 3.63) is 49.5 Å². The van der Waals surface area contributed by atoms with Crippen LogP contribution in [0.4, 0.5) is 0 Å². The summed E-state index contributed by atoms with van der Waals surface area (Å²) in [6, 6.07) is 0. The van der Waals surface area contributed by atoms with Gasteiger partial charge in [0.1, 0.15) is 5.73 Å². The zero-order chi connectivity index (χ0) is 11.9. The summed E-state index contributed by atoms with van der Waals surface area (Å²) in [7, 11) is -2.13. The summed E-state index contributed by atoms with van der Waals surface area (Å²) in [5, 5.41) is 0. The average molecular weight is 222 g/mol. The van der Waals surface area contributed by atoms with Gasteiger partial charge in [-0.05, 0) is 6.42 Å². The van der Waals surface area contributed by atoms with E-state index in [0.29, 0.717) is 0 Å². The fourth-order valence-corrected chi connectivity index (χ4v) is 3.69. The predicted molar refractivity (Wildman–Crippen MR) is 66.7 cm³/mol. The van der Waals surface area contributed by atoms with Gasteiger partial charge in [0.25, 0.3) is 0 Å². The van der Waals surface area contributed by atoms with Crippen molar-refractivity contribution in [2.75, 3.05) is 0 Å². The monoisotopic (exact) mass is 222 g/mol. The van der Waals surface area contributed by atoms with Crippen LogP contribution in [0.5, 0.6) is 0 Å². The summed E-state index contributed by atoms with van der Waals surface area (Å²) in [6.07, 6.45) is 1.88. The molecule has 0 amide bonds. The Bertz CT molecular complexity index is 260. The molecule has 0 aliphatic carbocycles. The maximum absolute atomic E-state index is 11.2. The summed E-state index contributed by atoms with van der Waals surface area (Å²) in [6.45, 7) is 16.7. The Morgan fingerprint density at radius 2 is 1.73 bits per heavy atom. The van der Waals surface area contributed by atoms with Gasteiger partial charge >= 0.3 is 5.97 Å². The standard InChI is InChI=1S/C12H18O2Si/c1-6-11(13)14-12(7-2)15(8-3,9-4)10-5/h6,8-10,12H,1,3-5,7H2,2H3. The first-order valence-corrected chi connectivity index (χ1v) is 7.15. The highest BCUT2D eigenvalue weighted by Crippen LogP contribution is 2.19. The molecule has 0 aliphatic heterocycles. The molecule has 0 rings (SSSR count). The molecule has 0 aromatic heterocycles. The van der Waals surface area contributed by atoms with Crippen molar-refractivity contribution in [3.8, 4) is 0 Å². The Balaban J connectivity index is 4.97. The van der Waals surface area contributed by atoms with E-state index < -0.39 is 14.0 Å². The van der Waals surface area contributed by atoms with Gasteiger partial charge in [-0.1, -0.05) is 30.6 Å². The number of hydrogen-bond acceptors (Lipinski definition) is 2. The van der Waals surface area contributed by atoms with E-state index in [1.165, 1.54) is 0 Å². The van der Waals surface area contributed by atoms with Gasteiger partial charge in [0.05, 0.1) is 0 Å². The molecule has 0 radical (unpaired) electrons. The van der Waals surface area contributed by atoms with E-state index in [9.17, 15) is 4.79 Å². The fraction of sp³-hybridized carbons (Fsp3) is 0.250. The molecule has 0 aromatic rings. The van der Waals surface area contributed by atoms with E-state index in [1.807, 2.05) is 24.0 Å². The average Bonchev–Trinajstić information content (AvgIpc) is 2.29. The van der Waals surface area contributed by atoms with E-state index in [2.05, 4.69) is 26.3 Å². The van der Waals surface area contributed by atoms with Gasteiger partial charge < -0.3 is 4.74 Å². The topological polar surface area (TPSA) is 26.3 Å². The number of esters is 1. The van der Waals surface area contributed by atoms with Gasteiger partial charge in [0, 0.05) is 6.08 Å². The minimum absolute atomic E-state index is 0.199. The van der Waals surface area contributed by atoms with Crippen molar-refractivity contribution in [2.45, 2.75) is 19.1 Å². The molecule has 0 heterocycles. The van der Waals surface area contributed by atoms with Crippen LogP contribution in [-0.2, 0) is 9.53 Å². The number of carbonyl (C=O) groups is 1. The van der Waals surface area contributed by atoms with E-state index in [-0.39, 0.29) is 5.73 Å². The smallest absolute Gasteiger partial charge is 0.330 e. The summed E-state index contributed by atoms with van der Waals surface area (Å²) in [5.41, 5.74) is 5.25. The molecule has 3 heteroatoms. The van der Waals surface area contributed by atoms with E-state index in [1.54, 1.807) is 0 Å². The predicted octanol–water partition coefficient (Wildman–Crippen LogP) is 2.66. The lowest BCUT2D eigenvalue weighted by Gasteiger charge is -2.29. The molecule has 2 nitrogen and oxygen atoms in total. The first-order valence-electron chi connectivity index (χ1n) is 4.84. The van der Waals surface area contributed by atoms with Crippen LogP contribution in [0.15, 0.2) is 49.5 Å². The van der Waals surface area contributed by atoms with E-state index >= 15 is 0 Å². The second kappa shape index (κ2) is 6.19. The van der Waals surface area contributed by atoms with Gasteiger partial charge in [0.15, 0.2) is 8.07 Å². The first kappa shape index (κ1) is 13.6. The molecular formula is C12H18O2Si. The molecule has 0 saturated carbocycles. The Hall–Kier alpha value is -1.35. The normalized spacial score (nSPS) is 12.3. The molecular weight excluding hydrogens is 204 g/mol. The van der Waals surface area contributed by atoms with Crippen LogP contribution in [0, 0.1) is 0 Å². The minimum atomic E-state index is -2.13. The molecule has 0 N–H and O–H groups in total. The lowest BCUT2D eigenvalue weighted by molar-refractivity contribution is -0.139. The summed E-state index contributed by atoms with van der Waals surface area (Å²) < 4.78 is 5.28. The van der Waals surface area contributed by atoms with Crippen molar-refractivity contribution in [2.24, 2.45) is 0 Å². The zero-order valence-electron chi connectivity index (χ0n) is 9.24. The third-order valence-corrected chi connectivity index (χ3v) is 6.18. The van der Waals surface area contributed by atoms with Crippen LogP contribution < -0.4 is 0 Å². The largest absolute Gasteiger partial charge is 0.462 e. The third-order valence-electron chi connectivity index (χ3n) is 2.41. The Kier molecular flexibility index (Phi) is 5.63. The highest BCUT2D eigenvalue weighted by Gasteiger charge is 2.34. The lowest BCUT2D eigenvalue weighted by atomic mass is 10.5. The zero-order valence-corrected chi connectivity index (χ0v) is 10.2. The first-order chi connectivity index (χ1) is 7.10. The Morgan fingerprint density at radius 3 is 2.00 bits per heavy atom.